The van der Waals surface area contributed by atoms with E-state index < -0.39 is 8.32 Å². The molecule has 1 aliphatic heterocycles. The van der Waals surface area contributed by atoms with Gasteiger partial charge >= 0.3 is 0 Å². The lowest BCUT2D eigenvalue weighted by atomic mass is 9.83. The van der Waals surface area contributed by atoms with Crippen LogP contribution < -0.4 is 0 Å². The van der Waals surface area contributed by atoms with E-state index in [0.717, 1.165) is 25.4 Å². The fourth-order valence-corrected chi connectivity index (χ4v) is 5.14. The van der Waals surface area contributed by atoms with Gasteiger partial charge in [0.2, 0.25) is 0 Å². The van der Waals surface area contributed by atoms with Crippen LogP contribution in [0.15, 0.2) is 12.2 Å². The molecule has 0 aromatic carbocycles. The second kappa shape index (κ2) is 10.4. The standard InChI is InChI=1S/C22H42O3Si/c1-22(2,3)26(4,5)25-20-15-9-8-14-19(20)13-7-6-11-17-23-21-16-10-12-18-24-21/h6,11,19-21H,7-10,12-18H2,1-5H3/b11-6+/t19-,20-,21?/m0/s1. The maximum atomic E-state index is 6.79. The van der Waals surface area contributed by atoms with Crippen molar-refractivity contribution in [2.75, 3.05) is 13.2 Å². The van der Waals surface area contributed by atoms with E-state index in [1.54, 1.807) is 0 Å². The number of hydrogen-bond acceptors (Lipinski definition) is 3. The van der Waals surface area contributed by atoms with E-state index in [2.05, 4.69) is 46.0 Å². The molecule has 152 valence electrons. The first-order valence-electron chi connectivity index (χ1n) is 10.9. The predicted molar refractivity (Wildman–Crippen MR) is 112 cm³/mol. The van der Waals surface area contributed by atoms with Gasteiger partial charge in [-0.2, -0.15) is 0 Å². The van der Waals surface area contributed by atoms with Gasteiger partial charge in [-0.05, 0) is 69.0 Å². The van der Waals surface area contributed by atoms with Gasteiger partial charge in [-0.3, -0.25) is 0 Å². The van der Waals surface area contributed by atoms with E-state index >= 15 is 0 Å². The summed E-state index contributed by atoms with van der Waals surface area (Å²) < 4.78 is 18.2. The molecule has 0 radical (unpaired) electrons. The normalized spacial score (nSPS) is 28.6. The summed E-state index contributed by atoms with van der Waals surface area (Å²) in [6.07, 6.45) is 16.1. The molecule has 26 heavy (non-hydrogen) atoms. The molecule has 1 saturated carbocycles. The molecule has 2 aliphatic rings. The van der Waals surface area contributed by atoms with Crippen LogP contribution >= 0.6 is 0 Å². The molecule has 0 spiro atoms. The molecule has 0 amide bonds. The molecule has 2 fully saturated rings. The molecule has 0 aromatic heterocycles. The van der Waals surface area contributed by atoms with E-state index in [4.69, 9.17) is 13.9 Å². The molecule has 4 heteroatoms. The monoisotopic (exact) mass is 382 g/mol. The average Bonchev–Trinajstić information content (AvgIpc) is 2.59. The molecule has 0 N–H and O–H groups in total. The van der Waals surface area contributed by atoms with E-state index in [1.165, 1.54) is 44.9 Å². The minimum Gasteiger partial charge on any atom is -0.414 e. The summed E-state index contributed by atoms with van der Waals surface area (Å²) in [4.78, 5) is 0. The Balaban J connectivity index is 1.71. The minimum atomic E-state index is -1.67. The van der Waals surface area contributed by atoms with Gasteiger partial charge in [0.1, 0.15) is 0 Å². The zero-order chi connectivity index (χ0) is 19.0. The van der Waals surface area contributed by atoms with Crippen molar-refractivity contribution in [1.29, 1.82) is 0 Å². The van der Waals surface area contributed by atoms with Crippen LogP contribution in [0.5, 0.6) is 0 Å². The molecule has 1 aliphatic carbocycles. The third-order valence-corrected chi connectivity index (χ3v) is 11.0. The smallest absolute Gasteiger partial charge is 0.192 e. The Kier molecular flexibility index (Phi) is 8.85. The maximum absolute atomic E-state index is 6.79. The van der Waals surface area contributed by atoms with Crippen molar-refractivity contribution < 1.29 is 13.9 Å². The van der Waals surface area contributed by atoms with Gasteiger partial charge in [0.15, 0.2) is 14.6 Å². The quantitative estimate of drug-likeness (QED) is 0.357. The van der Waals surface area contributed by atoms with Crippen molar-refractivity contribution in [3.63, 3.8) is 0 Å². The lowest BCUT2D eigenvalue weighted by molar-refractivity contribution is -0.155. The van der Waals surface area contributed by atoms with Crippen molar-refractivity contribution in [2.24, 2.45) is 5.92 Å². The second-order valence-electron chi connectivity index (χ2n) is 9.64. The number of ether oxygens (including phenoxy) is 2. The van der Waals surface area contributed by atoms with Crippen molar-refractivity contribution in [2.45, 2.75) is 109 Å². The Morgan fingerprint density at radius 3 is 2.42 bits per heavy atom. The maximum Gasteiger partial charge on any atom is 0.192 e. The van der Waals surface area contributed by atoms with Crippen LogP contribution in [0.2, 0.25) is 18.1 Å². The summed E-state index contributed by atoms with van der Waals surface area (Å²) in [7, 11) is -1.67. The van der Waals surface area contributed by atoms with Gasteiger partial charge in [0.05, 0.1) is 6.61 Å². The SMILES string of the molecule is CC(C)(C)[Si](C)(C)O[C@H]1CCCC[C@@H]1CC/C=C/COC1CCCCO1. The van der Waals surface area contributed by atoms with Gasteiger partial charge in [0.25, 0.3) is 0 Å². The largest absolute Gasteiger partial charge is 0.414 e. The van der Waals surface area contributed by atoms with E-state index in [-0.39, 0.29) is 6.29 Å². The molecular weight excluding hydrogens is 340 g/mol. The van der Waals surface area contributed by atoms with Crippen LogP contribution in [0.1, 0.15) is 78.6 Å². The molecular formula is C22H42O3Si. The summed E-state index contributed by atoms with van der Waals surface area (Å²) >= 11 is 0. The van der Waals surface area contributed by atoms with Crippen molar-refractivity contribution >= 4 is 8.32 Å². The lowest BCUT2D eigenvalue weighted by Gasteiger charge is -2.43. The summed E-state index contributed by atoms with van der Waals surface area (Å²) in [5, 5.41) is 0.299. The Morgan fingerprint density at radius 1 is 1.00 bits per heavy atom. The van der Waals surface area contributed by atoms with Crippen LogP contribution in [0.25, 0.3) is 0 Å². The third kappa shape index (κ3) is 7.10. The van der Waals surface area contributed by atoms with Crippen LogP contribution in [-0.4, -0.2) is 33.9 Å². The fraction of sp³-hybridized carbons (Fsp3) is 0.909. The minimum absolute atomic E-state index is 0.0223. The molecule has 1 saturated heterocycles. The highest BCUT2D eigenvalue weighted by Crippen LogP contribution is 2.41. The average molecular weight is 383 g/mol. The topological polar surface area (TPSA) is 27.7 Å². The summed E-state index contributed by atoms with van der Waals surface area (Å²) in [6.45, 7) is 13.3. The molecule has 0 bridgehead atoms. The molecule has 3 nitrogen and oxygen atoms in total. The zero-order valence-corrected chi connectivity index (χ0v) is 18.9. The predicted octanol–water partition coefficient (Wildman–Crippen LogP) is 6.45. The van der Waals surface area contributed by atoms with Crippen molar-refractivity contribution in [3.8, 4) is 0 Å². The Hall–Kier alpha value is -0.163. The number of hydrogen-bond donors (Lipinski definition) is 0. The molecule has 2 rings (SSSR count). The first-order valence-corrected chi connectivity index (χ1v) is 13.8. The van der Waals surface area contributed by atoms with Crippen molar-refractivity contribution in [1.82, 2.24) is 0 Å². The van der Waals surface area contributed by atoms with E-state index in [0.29, 0.717) is 17.7 Å². The molecule has 3 atom stereocenters. The number of allylic oxidation sites excluding steroid dienone is 1. The Morgan fingerprint density at radius 2 is 1.73 bits per heavy atom. The van der Waals surface area contributed by atoms with Crippen LogP contribution in [0.3, 0.4) is 0 Å². The van der Waals surface area contributed by atoms with Gasteiger partial charge in [-0.1, -0.05) is 45.8 Å². The zero-order valence-electron chi connectivity index (χ0n) is 17.9. The molecule has 1 unspecified atom stereocenters. The third-order valence-electron chi connectivity index (χ3n) is 6.48. The Labute approximate surface area is 163 Å². The van der Waals surface area contributed by atoms with Crippen molar-refractivity contribution in [3.05, 3.63) is 12.2 Å². The summed E-state index contributed by atoms with van der Waals surface area (Å²) in [5.41, 5.74) is 0. The number of rotatable bonds is 8. The second-order valence-corrected chi connectivity index (χ2v) is 14.4. The van der Waals surface area contributed by atoms with Gasteiger partial charge in [0, 0.05) is 12.7 Å². The van der Waals surface area contributed by atoms with Crippen LogP contribution in [-0.2, 0) is 13.9 Å². The van der Waals surface area contributed by atoms with Gasteiger partial charge in [-0.15, -0.1) is 0 Å². The highest BCUT2D eigenvalue weighted by atomic mass is 28.4. The highest BCUT2D eigenvalue weighted by Gasteiger charge is 2.41. The summed E-state index contributed by atoms with van der Waals surface area (Å²) in [5.74, 6) is 0.727. The Bertz CT molecular complexity index is 422. The first-order chi connectivity index (χ1) is 12.3. The highest BCUT2D eigenvalue weighted by molar-refractivity contribution is 6.74. The summed E-state index contributed by atoms with van der Waals surface area (Å²) in [6, 6.07) is 0. The molecule has 1 heterocycles. The molecule has 0 aromatic rings. The van der Waals surface area contributed by atoms with Gasteiger partial charge < -0.3 is 13.9 Å². The van der Waals surface area contributed by atoms with E-state index in [9.17, 15) is 0 Å². The fourth-order valence-electron chi connectivity index (χ4n) is 3.72. The lowest BCUT2D eigenvalue weighted by Crippen LogP contribution is -2.46. The van der Waals surface area contributed by atoms with Crippen LogP contribution in [0.4, 0.5) is 0 Å². The van der Waals surface area contributed by atoms with Crippen LogP contribution in [0, 0.1) is 5.92 Å². The van der Waals surface area contributed by atoms with Gasteiger partial charge in [-0.25, -0.2) is 0 Å². The first kappa shape index (κ1) is 22.1. The van der Waals surface area contributed by atoms with E-state index in [1.807, 2.05) is 0 Å².